The molecule has 2 fully saturated rings. The van der Waals surface area contributed by atoms with Gasteiger partial charge < -0.3 is 20.3 Å². The molecule has 0 bridgehead atoms. The molecule has 3 aromatic heterocycles. The molecule has 1 saturated carbocycles. The van der Waals surface area contributed by atoms with Crippen molar-refractivity contribution in [2.24, 2.45) is 0 Å². The number of ether oxygens (including phenoxy) is 1. The molecule has 9 nitrogen and oxygen atoms in total. The molecule has 0 radical (unpaired) electrons. The van der Waals surface area contributed by atoms with Crippen LogP contribution in [0.15, 0.2) is 30.5 Å². The molecule has 9 heteroatoms. The van der Waals surface area contributed by atoms with Gasteiger partial charge >= 0.3 is 0 Å². The lowest BCUT2D eigenvalue weighted by Gasteiger charge is -2.22. The smallest absolute Gasteiger partial charge is 0.259 e. The Morgan fingerprint density at radius 2 is 2.06 bits per heavy atom. The molecule has 1 aliphatic carbocycles. The van der Waals surface area contributed by atoms with Crippen LogP contribution in [0, 0.1) is 0 Å². The lowest BCUT2D eigenvalue weighted by molar-refractivity contribution is 0.0124. The second kappa shape index (κ2) is 8.14. The number of carbonyl (C=O) groups excluding carboxylic acids is 1. The average molecular weight is 422 g/mol. The summed E-state index contributed by atoms with van der Waals surface area (Å²) in [6, 6.07) is 8.04. The van der Waals surface area contributed by atoms with Gasteiger partial charge in [0.05, 0.1) is 18.0 Å². The van der Waals surface area contributed by atoms with E-state index >= 15 is 0 Å². The predicted octanol–water partition coefficient (Wildman–Crippen LogP) is 3.39. The van der Waals surface area contributed by atoms with E-state index in [0.29, 0.717) is 28.9 Å². The van der Waals surface area contributed by atoms with Crippen molar-refractivity contribution in [3.05, 3.63) is 41.7 Å². The highest BCUT2D eigenvalue weighted by Crippen LogP contribution is 2.29. The molecule has 0 spiro atoms. The standard InChI is InChI=1S/C22H27N7O2/c1-23-20-12-19(26-18-8-5-6-16(25-18)17-7-3-4-11-31-17)27-21-15(13-24-29(20)21)22(30)28(2)14-9-10-14/h5-6,8,12-14,17,23H,3-4,7,9-11H2,1-2H3,(H,25,26,27). The minimum Gasteiger partial charge on any atom is -0.373 e. The van der Waals surface area contributed by atoms with Crippen LogP contribution in [-0.4, -0.2) is 57.1 Å². The summed E-state index contributed by atoms with van der Waals surface area (Å²) >= 11 is 0. The average Bonchev–Trinajstić information content (AvgIpc) is 3.58. The Morgan fingerprint density at radius 3 is 2.81 bits per heavy atom. The molecule has 31 heavy (non-hydrogen) atoms. The SMILES string of the molecule is CNc1cc(Nc2cccc(C3CCCCO3)n2)nc2c(C(=O)N(C)C3CC3)cnn12. The van der Waals surface area contributed by atoms with Gasteiger partial charge in [0.15, 0.2) is 5.65 Å². The highest BCUT2D eigenvalue weighted by Gasteiger charge is 2.32. The molecule has 5 rings (SSSR count). The van der Waals surface area contributed by atoms with E-state index in [1.54, 1.807) is 15.6 Å². The summed E-state index contributed by atoms with van der Waals surface area (Å²) in [6.07, 6.45) is 6.98. The second-order valence-electron chi connectivity index (χ2n) is 8.15. The normalized spacial score (nSPS) is 18.7. The van der Waals surface area contributed by atoms with Gasteiger partial charge in [0.1, 0.15) is 23.0 Å². The van der Waals surface area contributed by atoms with Crippen LogP contribution in [0.4, 0.5) is 17.5 Å². The first kappa shape index (κ1) is 19.7. The van der Waals surface area contributed by atoms with Gasteiger partial charge in [-0.15, -0.1) is 0 Å². The summed E-state index contributed by atoms with van der Waals surface area (Å²) in [5.74, 6) is 1.95. The van der Waals surface area contributed by atoms with Crippen molar-refractivity contribution in [3.63, 3.8) is 0 Å². The first-order valence-electron chi connectivity index (χ1n) is 10.8. The van der Waals surface area contributed by atoms with Crippen LogP contribution in [-0.2, 0) is 4.74 Å². The monoisotopic (exact) mass is 421 g/mol. The molecule has 4 heterocycles. The predicted molar refractivity (Wildman–Crippen MR) is 118 cm³/mol. The van der Waals surface area contributed by atoms with Crippen LogP contribution in [0.1, 0.15) is 54.3 Å². The zero-order valence-electron chi connectivity index (χ0n) is 17.8. The third-order valence-electron chi connectivity index (χ3n) is 5.91. The summed E-state index contributed by atoms with van der Waals surface area (Å²) in [7, 11) is 3.66. The molecule has 2 aliphatic rings. The van der Waals surface area contributed by atoms with E-state index < -0.39 is 0 Å². The molecule has 162 valence electrons. The second-order valence-corrected chi connectivity index (χ2v) is 8.15. The van der Waals surface area contributed by atoms with Crippen molar-refractivity contribution in [2.45, 2.75) is 44.2 Å². The van der Waals surface area contributed by atoms with Crippen molar-refractivity contribution in [1.29, 1.82) is 0 Å². The van der Waals surface area contributed by atoms with E-state index in [1.165, 1.54) is 0 Å². The molecular weight excluding hydrogens is 394 g/mol. The number of pyridine rings is 1. The number of nitrogens with zero attached hydrogens (tertiary/aromatic N) is 5. The zero-order chi connectivity index (χ0) is 21.4. The number of carbonyl (C=O) groups is 1. The molecule has 0 aromatic carbocycles. The molecule has 1 saturated heterocycles. The number of rotatable bonds is 6. The third kappa shape index (κ3) is 3.93. The Hall–Kier alpha value is -3.20. The molecular formula is C22H27N7O2. The largest absolute Gasteiger partial charge is 0.373 e. The van der Waals surface area contributed by atoms with Crippen molar-refractivity contribution >= 4 is 29.0 Å². The van der Waals surface area contributed by atoms with Crippen molar-refractivity contribution in [2.75, 3.05) is 31.3 Å². The topological polar surface area (TPSA) is 96.7 Å². The molecule has 2 N–H and O–H groups in total. The number of anilines is 3. The van der Waals surface area contributed by atoms with Gasteiger partial charge in [-0.2, -0.15) is 9.61 Å². The Morgan fingerprint density at radius 1 is 1.19 bits per heavy atom. The van der Waals surface area contributed by atoms with Crippen LogP contribution in [0.3, 0.4) is 0 Å². The summed E-state index contributed by atoms with van der Waals surface area (Å²) in [5.41, 5.74) is 1.93. The maximum atomic E-state index is 13.0. The van der Waals surface area contributed by atoms with E-state index in [0.717, 1.165) is 50.2 Å². The fraction of sp³-hybridized carbons (Fsp3) is 0.455. The molecule has 3 aromatic rings. The van der Waals surface area contributed by atoms with E-state index in [-0.39, 0.29) is 12.0 Å². The highest BCUT2D eigenvalue weighted by atomic mass is 16.5. The Labute approximate surface area is 180 Å². The number of hydrogen-bond donors (Lipinski definition) is 2. The minimum atomic E-state index is -0.0567. The van der Waals surface area contributed by atoms with E-state index in [2.05, 4.69) is 15.7 Å². The molecule has 1 aliphatic heterocycles. The van der Waals surface area contributed by atoms with Crippen molar-refractivity contribution in [3.8, 4) is 0 Å². The van der Waals surface area contributed by atoms with Crippen LogP contribution in [0.25, 0.3) is 5.65 Å². The van der Waals surface area contributed by atoms with Gasteiger partial charge in [-0.05, 0) is 44.2 Å². The molecule has 1 atom stereocenters. The van der Waals surface area contributed by atoms with Gasteiger partial charge in [0, 0.05) is 32.8 Å². The summed E-state index contributed by atoms with van der Waals surface area (Å²) < 4.78 is 7.52. The van der Waals surface area contributed by atoms with Gasteiger partial charge in [0.25, 0.3) is 5.91 Å². The minimum absolute atomic E-state index is 0.0378. The number of amides is 1. The third-order valence-corrected chi connectivity index (χ3v) is 5.91. The fourth-order valence-corrected chi connectivity index (χ4v) is 3.98. The number of fused-ring (bicyclic) bond motifs is 1. The summed E-state index contributed by atoms with van der Waals surface area (Å²) in [6.45, 7) is 0.779. The lowest BCUT2D eigenvalue weighted by atomic mass is 10.1. The van der Waals surface area contributed by atoms with Crippen LogP contribution in [0.2, 0.25) is 0 Å². The fourth-order valence-electron chi connectivity index (χ4n) is 3.98. The van der Waals surface area contributed by atoms with Gasteiger partial charge in [-0.3, -0.25) is 4.79 Å². The Kier molecular flexibility index (Phi) is 5.19. The summed E-state index contributed by atoms with van der Waals surface area (Å²) in [4.78, 5) is 24.2. The van der Waals surface area contributed by atoms with Crippen molar-refractivity contribution < 1.29 is 9.53 Å². The summed E-state index contributed by atoms with van der Waals surface area (Å²) in [5, 5.41) is 10.8. The molecule has 1 unspecified atom stereocenters. The van der Waals surface area contributed by atoms with Crippen molar-refractivity contribution in [1.82, 2.24) is 24.5 Å². The number of hydrogen-bond acceptors (Lipinski definition) is 7. The molecule has 1 amide bonds. The zero-order valence-corrected chi connectivity index (χ0v) is 17.8. The number of nitrogens with one attached hydrogen (secondary N) is 2. The van der Waals surface area contributed by atoms with E-state index in [1.807, 2.05) is 38.4 Å². The van der Waals surface area contributed by atoms with Gasteiger partial charge in [-0.1, -0.05) is 6.07 Å². The van der Waals surface area contributed by atoms with Crippen LogP contribution < -0.4 is 10.6 Å². The van der Waals surface area contributed by atoms with Crippen LogP contribution >= 0.6 is 0 Å². The van der Waals surface area contributed by atoms with E-state index in [9.17, 15) is 4.79 Å². The highest BCUT2D eigenvalue weighted by molar-refractivity contribution is 6.00. The van der Waals surface area contributed by atoms with E-state index in [4.69, 9.17) is 14.7 Å². The van der Waals surface area contributed by atoms with Gasteiger partial charge in [-0.25, -0.2) is 9.97 Å². The maximum Gasteiger partial charge on any atom is 0.259 e. The Balaban J connectivity index is 1.46. The Bertz CT molecular complexity index is 1100. The quantitative estimate of drug-likeness (QED) is 0.630. The van der Waals surface area contributed by atoms with Crippen LogP contribution in [0.5, 0.6) is 0 Å². The maximum absolute atomic E-state index is 13.0. The first-order chi connectivity index (χ1) is 15.1. The lowest BCUT2D eigenvalue weighted by Crippen LogP contribution is -2.28. The number of aromatic nitrogens is 4. The first-order valence-corrected chi connectivity index (χ1v) is 10.8. The van der Waals surface area contributed by atoms with Gasteiger partial charge in [0.2, 0.25) is 0 Å².